The van der Waals surface area contributed by atoms with Crippen molar-refractivity contribution in [1.82, 2.24) is 0 Å². The Hall–Kier alpha value is -0.510. The molecule has 0 aromatic heterocycles. The fraction of sp³-hybridized carbons (Fsp3) is 0.667. The molecule has 2 aliphatic heterocycles. The lowest BCUT2D eigenvalue weighted by Gasteiger charge is -2.40. The molecule has 0 radical (unpaired) electrons. The van der Waals surface area contributed by atoms with Gasteiger partial charge in [0.05, 0.1) is 11.7 Å². The largest absolute Gasteiger partial charge is 0.393 e. The van der Waals surface area contributed by atoms with E-state index < -0.39 is 0 Å². The molecule has 116 valence electrons. The number of aliphatic hydroxyl groups excluding tert-OH is 1. The number of hydrogen-bond acceptors (Lipinski definition) is 3. The highest BCUT2D eigenvalue weighted by molar-refractivity contribution is 7.99. The van der Waals surface area contributed by atoms with Crippen molar-refractivity contribution < 1.29 is 9.84 Å². The first-order valence-electron chi connectivity index (χ1n) is 8.13. The van der Waals surface area contributed by atoms with Gasteiger partial charge in [0.25, 0.3) is 0 Å². The van der Waals surface area contributed by atoms with E-state index in [1.807, 2.05) is 17.8 Å². The maximum Gasteiger partial charge on any atom is 0.0783 e. The lowest BCUT2D eigenvalue weighted by Crippen LogP contribution is -2.43. The van der Waals surface area contributed by atoms with E-state index in [1.54, 1.807) is 0 Å². The fourth-order valence-corrected chi connectivity index (χ4v) is 5.11. The third-order valence-electron chi connectivity index (χ3n) is 5.11. The van der Waals surface area contributed by atoms with E-state index in [9.17, 15) is 5.11 Å². The second-order valence-electron chi connectivity index (χ2n) is 6.70. The quantitative estimate of drug-likeness (QED) is 0.916. The summed E-state index contributed by atoms with van der Waals surface area (Å²) in [7, 11) is 0. The Kier molecular flexibility index (Phi) is 4.92. The van der Waals surface area contributed by atoms with Gasteiger partial charge in [-0.15, -0.1) is 0 Å². The van der Waals surface area contributed by atoms with Gasteiger partial charge in [0.1, 0.15) is 0 Å². The molecule has 3 rings (SSSR count). The Balaban J connectivity index is 1.58. The van der Waals surface area contributed by atoms with Gasteiger partial charge in [-0.2, -0.15) is 11.8 Å². The third kappa shape index (κ3) is 3.64. The van der Waals surface area contributed by atoms with Crippen molar-refractivity contribution in [2.24, 2.45) is 5.92 Å². The van der Waals surface area contributed by atoms with Gasteiger partial charge in [0.15, 0.2) is 0 Å². The van der Waals surface area contributed by atoms with Crippen molar-refractivity contribution in [3.8, 4) is 0 Å². The Morgan fingerprint density at radius 1 is 1.38 bits per heavy atom. The van der Waals surface area contributed by atoms with Crippen molar-refractivity contribution in [2.45, 2.75) is 50.2 Å². The van der Waals surface area contributed by atoms with Gasteiger partial charge in [0, 0.05) is 12.4 Å². The summed E-state index contributed by atoms with van der Waals surface area (Å²) in [5.74, 6) is 3.15. The van der Waals surface area contributed by atoms with Gasteiger partial charge in [-0.05, 0) is 48.8 Å². The van der Waals surface area contributed by atoms with Crippen LogP contribution in [-0.4, -0.2) is 34.9 Å². The first kappa shape index (κ1) is 15.4. The molecule has 0 saturated carbocycles. The number of thioether (sulfide) groups is 1. The highest BCUT2D eigenvalue weighted by atomic mass is 32.2. The molecule has 2 heterocycles. The molecule has 1 aromatic carbocycles. The standard InChI is InChI=1S/C18H26O2S/c1-14(15-5-3-2-4-6-15)11-17(19)16-7-9-20-18(12-16)8-10-21-13-18/h2-6,14,16-17,19H,7-13H2,1H3. The summed E-state index contributed by atoms with van der Waals surface area (Å²) in [4.78, 5) is 0. The first-order valence-corrected chi connectivity index (χ1v) is 9.29. The van der Waals surface area contributed by atoms with E-state index in [4.69, 9.17) is 4.74 Å². The molecule has 0 amide bonds. The monoisotopic (exact) mass is 306 g/mol. The van der Waals surface area contributed by atoms with Crippen LogP contribution in [0.5, 0.6) is 0 Å². The van der Waals surface area contributed by atoms with Crippen molar-refractivity contribution in [3.63, 3.8) is 0 Å². The molecule has 1 spiro atoms. The highest BCUT2D eigenvalue weighted by Crippen LogP contribution is 2.42. The molecule has 4 unspecified atom stereocenters. The van der Waals surface area contributed by atoms with E-state index in [0.717, 1.165) is 38.0 Å². The van der Waals surface area contributed by atoms with E-state index >= 15 is 0 Å². The van der Waals surface area contributed by atoms with Crippen molar-refractivity contribution >= 4 is 11.8 Å². The minimum Gasteiger partial charge on any atom is -0.393 e. The average molecular weight is 306 g/mol. The lowest BCUT2D eigenvalue weighted by molar-refractivity contribution is -0.102. The molecule has 2 saturated heterocycles. The van der Waals surface area contributed by atoms with Crippen LogP contribution in [0.1, 0.15) is 44.1 Å². The third-order valence-corrected chi connectivity index (χ3v) is 6.33. The highest BCUT2D eigenvalue weighted by Gasteiger charge is 2.42. The minimum atomic E-state index is -0.202. The average Bonchev–Trinajstić information content (AvgIpc) is 2.96. The fourth-order valence-electron chi connectivity index (χ4n) is 3.73. The van der Waals surface area contributed by atoms with E-state index in [2.05, 4.69) is 31.2 Å². The topological polar surface area (TPSA) is 29.5 Å². The number of aliphatic hydroxyl groups is 1. The number of ether oxygens (including phenoxy) is 1. The second kappa shape index (κ2) is 6.72. The molecule has 4 atom stereocenters. The maximum atomic E-state index is 10.7. The van der Waals surface area contributed by atoms with Crippen molar-refractivity contribution in [2.75, 3.05) is 18.1 Å². The normalized spacial score (nSPS) is 32.2. The van der Waals surface area contributed by atoms with E-state index in [-0.39, 0.29) is 11.7 Å². The Morgan fingerprint density at radius 3 is 2.90 bits per heavy atom. The molecular weight excluding hydrogens is 280 g/mol. The molecule has 2 fully saturated rings. The zero-order chi connectivity index (χ0) is 14.7. The van der Waals surface area contributed by atoms with Gasteiger partial charge in [-0.1, -0.05) is 37.3 Å². The number of benzene rings is 1. The van der Waals surface area contributed by atoms with Crippen LogP contribution >= 0.6 is 11.8 Å². The summed E-state index contributed by atoms with van der Waals surface area (Å²) in [5.41, 5.74) is 1.40. The van der Waals surface area contributed by atoms with E-state index in [0.29, 0.717) is 11.8 Å². The van der Waals surface area contributed by atoms with Gasteiger partial charge in [-0.25, -0.2) is 0 Å². The van der Waals surface area contributed by atoms with Crippen LogP contribution in [-0.2, 0) is 4.74 Å². The predicted octanol–water partition coefficient (Wildman–Crippen LogP) is 3.84. The summed E-state index contributed by atoms with van der Waals surface area (Å²) in [5, 5.41) is 10.7. The molecule has 0 bridgehead atoms. The minimum absolute atomic E-state index is 0.0740. The van der Waals surface area contributed by atoms with Crippen LogP contribution in [0.2, 0.25) is 0 Å². The predicted molar refractivity (Wildman–Crippen MR) is 88.8 cm³/mol. The lowest BCUT2D eigenvalue weighted by atomic mass is 9.79. The van der Waals surface area contributed by atoms with Crippen LogP contribution in [0, 0.1) is 5.92 Å². The molecule has 3 heteroatoms. The van der Waals surface area contributed by atoms with Crippen molar-refractivity contribution in [1.29, 1.82) is 0 Å². The Morgan fingerprint density at radius 2 is 2.19 bits per heavy atom. The smallest absolute Gasteiger partial charge is 0.0783 e. The summed E-state index contributed by atoms with van der Waals surface area (Å²) < 4.78 is 6.06. The van der Waals surface area contributed by atoms with Crippen LogP contribution in [0.15, 0.2) is 30.3 Å². The number of hydrogen-bond donors (Lipinski definition) is 1. The Bertz CT molecular complexity index is 442. The van der Waals surface area contributed by atoms with Gasteiger partial charge >= 0.3 is 0 Å². The van der Waals surface area contributed by atoms with Crippen molar-refractivity contribution in [3.05, 3.63) is 35.9 Å². The summed E-state index contributed by atoms with van der Waals surface area (Å²) in [6.07, 6.45) is 3.87. The molecule has 0 aliphatic carbocycles. The summed E-state index contributed by atoms with van der Waals surface area (Å²) in [6, 6.07) is 10.5. The molecule has 21 heavy (non-hydrogen) atoms. The molecule has 2 aliphatic rings. The van der Waals surface area contributed by atoms with Gasteiger partial charge in [0.2, 0.25) is 0 Å². The van der Waals surface area contributed by atoms with Crippen LogP contribution in [0.25, 0.3) is 0 Å². The molecular formula is C18H26O2S. The zero-order valence-electron chi connectivity index (χ0n) is 12.8. The summed E-state index contributed by atoms with van der Waals surface area (Å²) >= 11 is 2.00. The first-order chi connectivity index (χ1) is 10.2. The molecule has 1 aromatic rings. The zero-order valence-corrected chi connectivity index (χ0v) is 13.6. The van der Waals surface area contributed by atoms with Crippen LogP contribution in [0.4, 0.5) is 0 Å². The maximum absolute atomic E-state index is 10.7. The number of rotatable bonds is 4. The van der Waals surface area contributed by atoms with E-state index in [1.165, 1.54) is 11.3 Å². The van der Waals surface area contributed by atoms with Crippen LogP contribution in [0.3, 0.4) is 0 Å². The SMILES string of the molecule is CC(CC(O)C1CCOC2(CCSC2)C1)c1ccccc1. The molecule has 1 N–H and O–H groups in total. The molecule has 2 nitrogen and oxygen atoms in total. The van der Waals surface area contributed by atoms with Crippen LogP contribution < -0.4 is 0 Å². The second-order valence-corrected chi connectivity index (χ2v) is 7.81. The Labute approximate surface area is 132 Å². The summed E-state index contributed by atoms with van der Waals surface area (Å²) in [6.45, 7) is 3.04. The van der Waals surface area contributed by atoms with Gasteiger partial charge in [-0.3, -0.25) is 0 Å². The van der Waals surface area contributed by atoms with Gasteiger partial charge < -0.3 is 9.84 Å².